The fraction of sp³-hybridized carbons (Fsp3) is 0.833. The molecule has 1 heterocycles. The number of thiocarbonyl (C=S) groups is 1. The van der Waals surface area contributed by atoms with Gasteiger partial charge < -0.3 is 15.2 Å². The first-order chi connectivity index (χ1) is 6.33. The van der Waals surface area contributed by atoms with Crippen molar-refractivity contribution in [3.05, 3.63) is 0 Å². The van der Waals surface area contributed by atoms with E-state index in [1.165, 1.54) is 11.5 Å². The number of rotatable bonds is 4. The zero-order valence-electron chi connectivity index (χ0n) is 7.41. The molecule has 0 radical (unpaired) electrons. The fourth-order valence-corrected chi connectivity index (χ4v) is 7.54. The monoisotopic (exact) mass is 256 g/mol. The van der Waals surface area contributed by atoms with E-state index >= 15 is 0 Å². The summed E-state index contributed by atoms with van der Waals surface area (Å²) >= 11 is 8.79. The molecule has 1 aliphatic heterocycles. The van der Waals surface area contributed by atoms with Crippen LogP contribution in [0.25, 0.3) is 0 Å². The Balaban J connectivity index is 1.91. The molecule has 0 amide bonds. The van der Waals surface area contributed by atoms with Crippen LogP contribution >= 0.6 is 41.5 Å². The van der Waals surface area contributed by atoms with Crippen LogP contribution in [0.3, 0.4) is 0 Å². The lowest BCUT2D eigenvalue weighted by molar-refractivity contribution is 0.372. The normalized spacial score (nSPS) is 17.3. The maximum absolute atomic E-state index is 5.64. The van der Waals surface area contributed by atoms with Crippen LogP contribution in [0.15, 0.2) is 0 Å². The molecule has 1 aliphatic rings. The second kappa shape index (κ2) is 7.12. The summed E-state index contributed by atoms with van der Waals surface area (Å²) in [5.41, 5.74) is 0. The van der Waals surface area contributed by atoms with E-state index in [0.29, 0.717) is 5.11 Å². The summed E-state index contributed by atoms with van der Waals surface area (Å²) in [5.74, 6) is 2.47. The Bertz CT molecular complexity index is 166. The molecule has 2 N–H and O–H groups in total. The second-order valence-corrected chi connectivity index (χ2v) is 8.91. The molecule has 1 saturated heterocycles. The van der Waals surface area contributed by atoms with E-state index in [-0.39, 0.29) is 6.55 Å². The van der Waals surface area contributed by atoms with E-state index in [0.717, 1.165) is 13.2 Å². The molecular weight excluding hydrogens is 243 g/mol. The summed E-state index contributed by atoms with van der Waals surface area (Å²) in [6, 6.07) is 0. The molecule has 7 heteroatoms. The van der Waals surface area contributed by atoms with Crippen molar-refractivity contribution < 1.29 is 4.52 Å². The van der Waals surface area contributed by atoms with Gasteiger partial charge in [-0.2, -0.15) is 0 Å². The molecule has 0 aromatic rings. The van der Waals surface area contributed by atoms with Crippen LogP contribution < -0.4 is 10.6 Å². The van der Waals surface area contributed by atoms with E-state index in [4.69, 9.17) is 16.7 Å². The van der Waals surface area contributed by atoms with Crippen LogP contribution in [0.2, 0.25) is 0 Å². The molecule has 0 unspecified atom stereocenters. The number of hydrogen-bond donors (Lipinski definition) is 2. The first-order valence-corrected chi connectivity index (χ1v) is 8.82. The van der Waals surface area contributed by atoms with Crippen LogP contribution in [0, 0.1) is 0 Å². The molecule has 0 aliphatic carbocycles. The Morgan fingerprint density at radius 3 is 2.85 bits per heavy atom. The topological polar surface area (TPSA) is 33.3 Å². The van der Waals surface area contributed by atoms with Gasteiger partial charge in [-0.25, -0.2) is 0 Å². The van der Waals surface area contributed by atoms with Gasteiger partial charge in [0.15, 0.2) is 11.7 Å². The van der Waals surface area contributed by atoms with Crippen molar-refractivity contribution in [2.45, 2.75) is 0 Å². The van der Waals surface area contributed by atoms with E-state index in [1.54, 1.807) is 0 Å². The molecule has 1 rings (SSSR count). The summed E-state index contributed by atoms with van der Waals surface area (Å²) < 4.78 is 5.64. The largest absolute Gasteiger partial charge is 0.366 e. The molecule has 1 fully saturated rings. The van der Waals surface area contributed by atoms with E-state index in [1.807, 2.05) is 29.8 Å². The lowest BCUT2D eigenvalue weighted by Crippen LogP contribution is -2.34. The average Bonchev–Trinajstić information content (AvgIpc) is 2.64. The second-order valence-electron chi connectivity index (χ2n) is 2.23. The first kappa shape index (κ1) is 11.9. The van der Waals surface area contributed by atoms with Gasteiger partial charge in [0, 0.05) is 25.1 Å². The summed E-state index contributed by atoms with van der Waals surface area (Å²) in [7, 11) is 1.81. The molecule has 3 nitrogen and oxygen atoms in total. The minimum atomic E-state index is -0.251. The van der Waals surface area contributed by atoms with Gasteiger partial charge in [-0.05, 0) is 12.2 Å². The van der Waals surface area contributed by atoms with Crippen LogP contribution in [-0.2, 0) is 4.52 Å². The summed E-state index contributed by atoms with van der Waals surface area (Å²) in [5, 5.41) is 6.58. The molecule has 0 aromatic carbocycles. The van der Waals surface area contributed by atoms with Gasteiger partial charge in [0.05, 0.1) is 6.61 Å². The maximum Gasteiger partial charge on any atom is 0.166 e. The van der Waals surface area contributed by atoms with Gasteiger partial charge in [0.1, 0.15) is 0 Å². The van der Waals surface area contributed by atoms with Crippen LogP contribution in [0.1, 0.15) is 0 Å². The van der Waals surface area contributed by atoms with Crippen LogP contribution in [-0.4, -0.2) is 36.8 Å². The number of nitrogens with one attached hydrogen (secondary N) is 2. The lowest BCUT2D eigenvalue weighted by Gasteiger charge is -2.10. The average molecular weight is 256 g/mol. The summed E-state index contributed by atoms with van der Waals surface area (Å²) in [6.07, 6.45) is 0. The summed E-state index contributed by atoms with van der Waals surface area (Å²) in [6.45, 7) is 1.28. The van der Waals surface area contributed by atoms with E-state index < -0.39 is 0 Å². The Labute approximate surface area is 93.5 Å². The smallest absolute Gasteiger partial charge is 0.166 e. The minimum Gasteiger partial charge on any atom is -0.366 e. The van der Waals surface area contributed by atoms with Gasteiger partial charge in [-0.3, -0.25) is 0 Å². The molecule has 0 saturated carbocycles. The summed E-state index contributed by atoms with van der Waals surface area (Å²) in [4.78, 5) is 0. The van der Waals surface area contributed by atoms with Gasteiger partial charge in [0.25, 0.3) is 0 Å². The van der Waals surface area contributed by atoms with Crippen molar-refractivity contribution in [1.29, 1.82) is 0 Å². The molecule has 13 heavy (non-hydrogen) atoms. The third-order valence-electron chi connectivity index (χ3n) is 1.29. The maximum atomic E-state index is 5.64. The van der Waals surface area contributed by atoms with Crippen molar-refractivity contribution in [2.24, 2.45) is 0 Å². The Kier molecular flexibility index (Phi) is 6.49. The lowest BCUT2D eigenvalue weighted by atomic mass is 10.7. The molecule has 76 valence electrons. The molecule has 0 atom stereocenters. The third kappa shape index (κ3) is 5.27. The molecule has 0 aromatic heterocycles. The zero-order chi connectivity index (χ0) is 9.52. The van der Waals surface area contributed by atoms with E-state index in [2.05, 4.69) is 10.6 Å². The van der Waals surface area contributed by atoms with Gasteiger partial charge in [-0.1, -0.05) is 22.8 Å². The first-order valence-electron chi connectivity index (χ1n) is 3.97. The van der Waals surface area contributed by atoms with Crippen molar-refractivity contribution in [3.63, 3.8) is 0 Å². The highest BCUT2D eigenvalue weighted by molar-refractivity contribution is 8.88. The number of hydrogen-bond acceptors (Lipinski definition) is 4. The van der Waals surface area contributed by atoms with E-state index in [9.17, 15) is 0 Å². The standard InChI is InChI=1S/C6H13N2OPS3/c1-7-6(11)8-2-3-9-10-12-4-5-13-10/h2-5H2,1H3,(H2,7,8,11). The molecule has 0 spiro atoms. The highest BCUT2D eigenvalue weighted by Gasteiger charge is 2.16. The Hall–Kier alpha value is 0.780. The minimum absolute atomic E-state index is 0.251. The fourth-order valence-electron chi connectivity index (χ4n) is 0.709. The SMILES string of the molecule is CNC(=S)NCCOP1SCCS1. The Morgan fingerprint density at radius 1 is 1.54 bits per heavy atom. The Morgan fingerprint density at radius 2 is 2.23 bits per heavy atom. The van der Waals surface area contributed by atoms with Crippen molar-refractivity contribution in [2.75, 3.05) is 31.7 Å². The third-order valence-corrected chi connectivity index (χ3v) is 8.37. The van der Waals surface area contributed by atoms with Crippen molar-refractivity contribution >= 4 is 46.6 Å². The highest BCUT2D eigenvalue weighted by Crippen LogP contribution is 2.66. The predicted molar refractivity (Wildman–Crippen MR) is 67.4 cm³/mol. The van der Waals surface area contributed by atoms with Crippen molar-refractivity contribution in [1.82, 2.24) is 10.6 Å². The molecule has 0 bridgehead atoms. The van der Waals surface area contributed by atoms with Crippen LogP contribution in [0.4, 0.5) is 0 Å². The van der Waals surface area contributed by atoms with Crippen molar-refractivity contribution in [3.8, 4) is 0 Å². The molecular formula is C6H13N2OPS3. The van der Waals surface area contributed by atoms with Gasteiger partial charge >= 0.3 is 0 Å². The van der Waals surface area contributed by atoms with Gasteiger partial charge in [-0.15, -0.1) is 0 Å². The zero-order valence-corrected chi connectivity index (χ0v) is 10.8. The highest BCUT2D eigenvalue weighted by atomic mass is 33.1. The van der Waals surface area contributed by atoms with Crippen LogP contribution in [0.5, 0.6) is 0 Å². The quantitative estimate of drug-likeness (QED) is 0.453. The van der Waals surface area contributed by atoms with Gasteiger partial charge in [0.2, 0.25) is 0 Å². The predicted octanol–water partition coefficient (Wildman–Crippen LogP) is 1.80.